The number of hydrogen-bond acceptors (Lipinski definition) is 7. The van der Waals surface area contributed by atoms with E-state index in [0.29, 0.717) is 60.3 Å². The quantitative estimate of drug-likeness (QED) is 0.382. The van der Waals surface area contributed by atoms with Gasteiger partial charge in [-0.05, 0) is 68.7 Å². The summed E-state index contributed by atoms with van der Waals surface area (Å²) in [5, 5.41) is 0.607. The Morgan fingerprint density at radius 2 is 1.86 bits per heavy atom. The van der Waals surface area contributed by atoms with Crippen molar-refractivity contribution in [2.45, 2.75) is 26.7 Å². The first kappa shape index (κ1) is 26.5. The molecule has 0 unspecified atom stereocenters. The molecule has 2 aliphatic rings. The van der Waals surface area contributed by atoms with E-state index in [-0.39, 0.29) is 49.2 Å². The number of carbonyl (C=O) groups is 4. The molecule has 2 heterocycles. The van der Waals surface area contributed by atoms with E-state index in [9.17, 15) is 19.2 Å². The van der Waals surface area contributed by atoms with Crippen LogP contribution in [0.4, 0.5) is 5.69 Å². The molecule has 0 bridgehead atoms. The second kappa shape index (κ2) is 11.6. The van der Waals surface area contributed by atoms with Crippen molar-refractivity contribution in [3.63, 3.8) is 0 Å². The van der Waals surface area contributed by atoms with Crippen LogP contribution < -0.4 is 14.4 Å². The van der Waals surface area contributed by atoms with Crippen LogP contribution in [-0.2, 0) is 19.1 Å². The van der Waals surface area contributed by atoms with E-state index < -0.39 is 0 Å². The molecule has 0 radical (unpaired) electrons. The van der Waals surface area contributed by atoms with Crippen molar-refractivity contribution in [2.75, 3.05) is 44.4 Å². The van der Waals surface area contributed by atoms with Crippen molar-refractivity contribution in [1.82, 2.24) is 4.90 Å². The van der Waals surface area contributed by atoms with Crippen LogP contribution in [0, 0.1) is 12.8 Å². The molecule has 37 heavy (non-hydrogen) atoms. The molecular weight excluding hydrogens is 500 g/mol. The van der Waals surface area contributed by atoms with Crippen LogP contribution in [0.3, 0.4) is 0 Å². The van der Waals surface area contributed by atoms with Crippen molar-refractivity contribution in [2.24, 2.45) is 5.92 Å². The predicted molar refractivity (Wildman–Crippen MR) is 136 cm³/mol. The third-order valence-electron chi connectivity index (χ3n) is 6.48. The summed E-state index contributed by atoms with van der Waals surface area (Å²) in [6, 6.07) is 9.90. The SMILES string of the molecule is CCOC(=O)C1CCN(C(=O)CN2C(=O)COc3ccc(C(=O)COc4ccc(Cl)c(C)c4)cc32)CC1. The number of hydrogen-bond donors (Lipinski definition) is 0. The van der Waals surface area contributed by atoms with E-state index >= 15 is 0 Å². The van der Waals surface area contributed by atoms with Gasteiger partial charge in [0.25, 0.3) is 5.91 Å². The first-order valence-corrected chi connectivity index (χ1v) is 12.6. The third-order valence-corrected chi connectivity index (χ3v) is 6.91. The molecule has 0 saturated carbocycles. The molecule has 0 spiro atoms. The minimum Gasteiger partial charge on any atom is -0.485 e. The zero-order chi connectivity index (χ0) is 26.5. The number of ketones is 1. The molecule has 0 atom stereocenters. The lowest BCUT2D eigenvalue weighted by molar-refractivity contribution is -0.151. The standard InChI is InChI=1S/C27H29ClN2O7/c1-3-35-27(34)18-8-10-29(11-9-18)25(32)14-30-22-13-19(4-7-24(22)37-16-26(30)33)23(31)15-36-20-5-6-21(28)17(2)12-20/h4-7,12-13,18H,3,8-11,14-16H2,1-2H3. The molecule has 0 N–H and O–H groups in total. The van der Waals surface area contributed by atoms with Gasteiger partial charge in [-0.25, -0.2) is 0 Å². The van der Waals surface area contributed by atoms with Crippen LogP contribution in [0.2, 0.25) is 5.02 Å². The number of rotatable bonds is 8. The highest BCUT2D eigenvalue weighted by atomic mass is 35.5. The monoisotopic (exact) mass is 528 g/mol. The van der Waals surface area contributed by atoms with Crippen LogP contribution in [0.5, 0.6) is 11.5 Å². The molecule has 0 aliphatic carbocycles. The molecule has 2 aromatic rings. The Morgan fingerprint density at radius 3 is 2.57 bits per heavy atom. The van der Waals surface area contributed by atoms with Crippen molar-refractivity contribution in [3.05, 3.63) is 52.5 Å². The van der Waals surface area contributed by atoms with E-state index in [1.165, 1.54) is 4.90 Å². The van der Waals surface area contributed by atoms with Gasteiger partial charge in [-0.15, -0.1) is 0 Å². The van der Waals surface area contributed by atoms with Gasteiger partial charge in [0.05, 0.1) is 18.2 Å². The molecule has 196 valence electrons. The number of aryl methyl sites for hydroxylation is 1. The number of Topliss-reactive ketones (excluding diaryl/α,β-unsaturated/α-hetero) is 1. The molecule has 4 rings (SSSR count). The Hall–Kier alpha value is -3.59. The summed E-state index contributed by atoms with van der Waals surface area (Å²) in [6.45, 7) is 4.17. The molecular formula is C27H29ClN2O7. The Labute approximate surface area is 220 Å². The Morgan fingerprint density at radius 1 is 1.11 bits per heavy atom. The van der Waals surface area contributed by atoms with Crippen molar-refractivity contribution >= 4 is 40.9 Å². The fraction of sp³-hybridized carbons (Fsp3) is 0.407. The van der Waals surface area contributed by atoms with Gasteiger partial charge in [-0.1, -0.05) is 11.6 Å². The fourth-order valence-corrected chi connectivity index (χ4v) is 4.47. The van der Waals surface area contributed by atoms with E-state index in [1.807, 2.05) is 6.92 Å². The second-order valence-electron chi connectivity index (χ2n) is 8.98. The van der Waals surface area contributed by atoms with Gasteiger partial charge in [-0.3, -0.25) is 24.1 Å². The zero-order valence-corrected chi connectivity index (χ0v) is 21.6. The molecule has 1 fully saturated rings. The molecule has 0 aromatic heterocycles. The predicted octanol–water partition coefficient (Wildman–Crippen LogP) is 3.44. The van der Waals surface area contributed by atoms with Crippen molar-refractivity contribution < 1.29 is 33.4 Å². The van der Waals surface area contributed by atoms with Gasteiger partial charge >= 0.3 is 5.97 Å². The number of fused-ring (bicyclic) bond motifs is 1. The van der Waals surface area contributed by atoms with Gasteiger partial charge in [0.15, 0.2) is 19.0 Å². The smallest absolute Gasteiger partial charge is 0.309 e. The highest BCUT2D eigenvalue weighted by Crippen LogP contribution is 2.33. The van der Waals surface area contributed by atoms with E-state index in [0.717, 1.165) is 5.56 Å². The van der Waals surface area contributed by atoms with Crippen molar-refractivity contribution in [1.29, 1.82) is 0 Å². The first-order valence-electron chi connectivity index (χ1n) is 12.2. The molecule has 10 heteroatoms. The average Bonchev–Trinajstić information content (AvgIpc) is 2.90. The third kappa shape index (κ3) is 6.22. The van der Waals surface area contributed by atoms with E-state index in [2.05, 4.69) is 0 Å². The van der Waals surface area contributed by atoms with Gasteiger partial charge < -0.3 is 19.1 Å². The molecule has 2 aromatic carbocycles. The Kier molecular flexibility index (Phi) is 8.33. The minimum absolute atomic E-state index is 0.183. The maximum absolute atomic E-state index is 13.0. The molecule has 2 amide bonds. The summed E-state index contributed by atoms with van der Waals surface area (Å²) in [5.74, 6) is -0.423. The number of halogens is 1. The van der Waals surface area contributed by atoms with Gasteiger partial charge in [0, 0.05) is 23.7 Å². The maximum Gasteiger partial charge on any atom is 0.309 e. The number of carbonyl (C=O) groups excluding carboxylic acids is 4. The van der Waals surface area contributed by atoms with Crippen LogP contribution in [-0.4, -0.2) is 67.9 Å². The second-order valence-corrected chi connectivity index (χ2v) is 9.39. The Bertz CT molecular complexity index is 1210. The zero-order valence-electron chi connectivity index (χ0n) is 20.8. The number of nitrogens with zero attached hydrogens (tertiary/aromatic N) is 2. The van der Waals surface area contributed by atoms with Gasteiger partial charge in [0.2, 0.25) is 5.91 Å². The molecule has 2 aliphatic heterocycles. The van der Waals surface area contributed by atoms with Crippen LogP contribution in [0.25, 0.3) is 0 Å². The lowest BCUT2D eigenvalue weighted by Gasteiger charge is -2.34. The Balaban J connectivity index is 1.41. The minimum atomic E-state index is -0.375. The average molecular weight is 529 g/mol. The summed E-state index contributed by atoms with van der Waals surface area (Å²) in [6.07, 6.45) is 1.04. The maximum atomic E-state index is 13.0. The van der Waals surface area contributed by atoms with E-state index in [4.69, 9.17) is 25.8 Å². The highest BCUT2D eigenvalue weighted by Gasteiger charge is 2.32. The van der Waals surface area contributed by atoms with Crippen LogP contribution >= 0.6 is 11.6 Å². The van der Waals surface area contributed by atoms with E-state index in [1.54, 1.807) is 48.2 Å². The normalized spacial score (nSPS) is 15.6. The van der Waals surface area contributed by atoms with Crippen LogP contribution in [0.1, 0.15) is 35.7 Å². The number of benzene rings is 2. The lowest BCUT2D eigenvalue weighted by Crippen LogP contribution is -2.49. The van der Waals surface area contributed by atoms with Crippen molar-refractivity contribution in [3.8, 4) is 11.5 Å². The molecule has 1 saturated heterocycles. The number of piperidine rings is 1. The van der Waals surface area contributed by atoms with Crippen LogP contribution in [0.15, 0.2) is 36.4 Å². The summed E-state index contributed by atoms with van der Waals surface area (Å²) in [5.41, 5.74) is 1.52. The summed E-state index contributed by atoms with van der Waals surface area (Å²) in [4.78, 5) is 53.5. The first-order chi connectivity index (χ1) is 17.8. The number of amides is 2. The molecule has 9 nitrogen and oxygen atoms in total. The number of esters is 1. The summed E-state index contributed by atoms with van der Waals surface area (Å²) >= 11 is 6.04. The number of likely N-dealkylation sites (tertiary alicyclic amines) is 1. The lowest BCUT2D eigenvalue weighted by atomic mass is 9.97. The number of ether oxygens (including phenoxy) is 3. The summed E-state index contributed by atoms with van der Waals surface area (Å²) in [7, 11) is 0. The number of anilines is 1. The largest absolute Gasteiger partial charge is 0.485 e. The fourth-order valence-electron chi connectivity index (χ4n) is 4.35. The van der Waals surface area contributed by atoms with Gasteiger partial charge in [-0.2, -0.15) is 0 Å². The summed E-state index contributed by atoms with van der Waals surface area (Å²) < 4.78 is 16.2. The van der Waals surface area contributed by atoms with Gasteiger partial charge in [0.1, 0.15) is 18.0 Å². The topological polar surface area (TPSA) is 102 Å². The highest BCUT2D eigenvalue weighted by molar-refractivity contribution is 6.31.